The number of nitrogens with zero attached hydrogens (tertiary/aromatic N) is 3. The SMILES string of the molecule is N#Cc1c(F)c(F)c(-n2nc(C(F)(F)F)c(C(=O)c3cc(F)c(F)c(F)c3)c2O)c(F)c1F.[Mn]. The maximum atomic E-state index is 14.3. The average molecular weight is 538 g/mol. The van der Waals surface area contributed by atoms with Gasteiger partial charge in [-0.05, 0) is 12.1 Å². The Kier molecular flexibility index (Phi) is 7.06. The Morgan fingerprint density at radius 3 is 1.79 bits per heavy atom. The predicted molar refractivity (Wildman–Crippen MR) is 84.5 cm³/mol. The van der Waals surface area contributed by atoms with Gasteiger partial charge in [-0.1, -0.05) is 0 Å². The number of alkyl halides is 3. The number of halogens is 10. The second-order valence-electron chi connectivity index (χ2n) is 6.13. The second-order valence-corrected chi connectivity index (χ2v) is 6.13. The molecule has 0 fully saturated rings. The minimum absolute atomic E-state index is 0. The summed E-state index contributed by atoms with van der Waals surface area (Å²) in [5.74, 6) is -19.8. The van der Waals surface area contributed by atoms with Crippen molar-refractivity contribution in [2.24, 2.45) is 0 Å². The van der Waals surface area contributed by atoms with Crippen LogP contribution in [0.4, 0.5) is 43.9 Å². The van der Waals surface area contributed by atoms with Crippen molar-refractivity contribution >= 4 is 5.78 Å². The van der Waals surface area contributed by atoms with Gasteiger partial charge in [-0.25, -0.2) is 30.7 Å². The minimum atomic E-state index is -5.67. The molecule has 1 heterocycles. The first-order valence-electron chi connectivity index (χ1n) is 8.07. The molecule has 0 aliphatic heterocycles. The van der Waals surface area contributed by atoms with Crippen LogP contribution in [0.15, 0.2) is 12.1 Å². The van der Waals surface area contributed by atoms with E-state index in [0.717, 1.165) is 6.07 Å². The average Bonchev–Trinajstić information content (AvgIpc) is 3.07. The molecule has 3 rings (SSSR count). The van der Waals surface area contributed by atoms with E-state index in [9.17, 15) is 53.8 Å². The summed E-state index contributed by atoms with van der Waals surface area (Å²) < 4.78 is 136. The fraction of sp³-hybridized carbons (Fsp3) is 0.0556. The van der Waals surface area contributed by atoms with Gasteiger partial charge in [0.25, 0.3) is 0 Å². The molecule has 0 unspecified atom stereocenters. The van der Waals surface area contributed by atoms with E-state index < -0.39 is 91.3 Å². The summed E-state index contributed by atoms with van der Waals surface area (Å²) in [5.41, 5.74) is -9.46. The van der Waals surface area contributed by atoms with Gasteiger partial charge in [0.05, 0.1) is 0 Å². The van der Waals surface area contributed by atoms with Crippen molar-refractivity contribution in [2.75, 3.05) is 0 Å². The third-order valence-corrected chi connectivity index (χ3v) is 4.17. The molecule has 179 valence electrons. The second kappa shape index (κ2) is 8.99. The van der Waals surface area contributed by atoms with Gasteiger partial charge in [0.15, 0.2) is 46.4 Å². The van der Waals surface area contributed by atoms with Crippen LogP contribution in [0.25, 0.3) is 5.69 Å². The van der Waals surface area contributed by atoms with Gasteiger partial charge in [-0.15, -0.1) is 0 Å². The molecule has 0 saturated heterocycles. The standard InChI is InChI=1S/C18H3F10N3O2.Mn/c19-6-1-4(2-7(20)11(6)23)15(32)8-16(18(26,27)28)30-31(17(8)33)14-12(24)9(21)5(3-29)10(22)13(14)25;/h1-2,33H;. The molecule has 16 heteroatoms. The fourth-order valence-corrected chi connectivity index (χ4v) is 2.71. The summed E-state index contributed by atoms with van der Waals surface area (Å²) in [6.45, 7) is 0. The summed E-state index contributed by atoms with van der Waals surface area (Å²) in [6.07, 6.45) is -5.67. The van der Waals surface area contributed by atoms with Crippen LogP contribution in [0.2, 0.25) is 0 Å². The number of aromatic hydroxyl groups is 1. The quantitative estimate of drug-likeness (QED) is 0.173. The summed E-state index contributed by atoms with van der Waals surface area (Å²) in [6, 6.07) is 0.693. The molecule has 0 aliphatic carbocycles. The molecular formula is C18H3F10MnN3O2. The molecule has 2 aromatic carbocycles. The van der Waals surface area contributed by atoms with Crippen molar-refractivity contribution in [3.05, 3.63) is 75.2 Å². The van der Waals surface area contributed by atoms with Gasteiger partial charge < -0.3 is 5.11 Å². The fourth-order valence-electron chi connectivity index (χ4n) is 2.71. The zero-order valence-corrected chi connectivity index (χ0v) is 16.7. The molecule has 0 amide bonds. The van der Waals surface area contributed by atoms with Crippen molar-refractivity contribution in [3.8, 4) is 17.6 Å². The van der Waals surface area contributed by atoms with Crippen LogP contribution in [-0.4, -0.2) is 20.7 Å². The van der Waals surface area contributed by atoms with Crippen LogP contribution in [-0.2, 0) is 23.2 Å². The van der Waals surface area contributed by atoms with E-state index in [0.29, 0.717) is 0 Å². The van der Waals surface area contributed by atoms with Crippen molar-refractivity contribution in [1.29, 1.82) is 5.26 Å². The van der Waals surface area contributed by atoms with Crippen LogP contribution in [0.1, 0.15) is 27.2 Å². The first-order valence-corrected chi connectivity index (χ1v) is 8.07. The van der Waals surface area contributed by atoms with Crippen LogP contribution in [0.3, 0.4) is 0 Å². The van der Waals surface area contributed by atoms with Crippen molar-refractivity contribution < 1.29 is 70.9 Å². The normalized spacial score (nSPS) is 11.2. The Morgan fingerprint density at radius 1 is 0.912 bits per heavy atom. The molecule has 3 aromatic rings. The summed E-state index contributed by atoms with van der Waals surface area (Å²) in [5, 5.41) is 21.2. The molecule has 5 nitrogen and oxygen atoms in total. The number of carbonyl (C=O) groups excluding carboxylic acids is 1. The van der Waals surface area contributed by atoms with Crippen molar-refractivity contribution in [2.45, 2.75) is 6.18 Å². The van der Waals surface area contributed by atoms with Gasteiger partial charge in [0, 0.05) is 22.6 Å². The number of nitriles is 1. The molecule has 0 saturated carbocycles. The Bertz CT molecular complexity index is 1330. The molecule has 34 heavy (non-hydrogen) atoms. The van der Waals surface area contributed by atoms with E-state index in [-0.39, 0.29) is 29.2 Å². The Balaban J connectivity index is 0.00000408. The largest absolute Gasteiger partial charge is 0.493 e. The molecule has 0 bridgehead atoms. The van der Waals surface area contributed by atoms with E-state index in [1.807, 2.05) is 0 Å². The Hall–Kier alpha value is -3.57. The Labute approximate surface area is 191 Å². The van der Waals surface area contributed by atoms with Gasteiger partial charge in [0.2, 0.25) is 11.7 Å². The van der Waals surface area contributed by atoms with Crippen LogP contribution in [0.5, 0.6) is 5.88 Å². The minimum Gasteiger partial charge on any atom is -0.493 e. The summed E-state index contributed by atoms with van der Waals surface area (Å²) in [7, 11) is 0. The third-order valence-electron chi connectivity index (χ3n) is 4.17. The van der Waals surface area contributed by atoms with Gasteiger partial charge >= 0.3 is 6.18 Å². The number of carbonyl (C=O) groups is 1. The molecule has 1 radical (unpaired) electrons. The first-order chi connectivity index (χ1) is 15.2. The third kappa shape index (κ3) is 4.08. The number of aromatic nitrogens is 2. The van der Waals surface area contributed by atoms with Crippen LogP contribution < -0.4 is 0 Å². The van der Waals surface area contributed by atoms with E-state index in [4.69, 9.17) is 5.26 Å². The van der Waals surface area contributed by atoms with Crippen LogP contribution in [0, 0.1) is 52.1 Å². The van der Waals surface area contributed by atoms with Gasteiger partial charge in [-0.2, -0.15) is 28.2 Å². The first kappa shape index (κ1) is 26.7. The monoisotopic (exact) mass is 538 g/mol. The summed E-state index contributed by atoms with van der Waals surface area (Å²) in [4.78, 5) is 12.5. The number of hydrogen-bond acceptors (Lipinski definition) is 4. The van der Waals surface area contributed by atoms with E-state index >= 15 is 0 Å². The van der Waals surface area contributed by atoms with Gasteiger partial charge in [-0.3, -0.25) is 4.79 Å². The van der Waals surface area contributed by atoms with E-state index in [2.05, 4.69) is 5.10 Å². The molecule has 0 aliphatic rings. The van der Waals surface area contributed by atoms with E-state index in [1.165, 1.54) is 0 Å². The van der Waals surface area contributed by atoms with Crippen molar-refractivity contribution in [1.82, 2.24) is 9.78 Å². The molecular weight excluding hydrogens is 535 g/mol. The number of hydrogen-bond donors (Lipinski definition) is 1. The van der Waals surface area contributed by atoms with Crippen molar-refractivity contribution in [3.63, 3.8) is 0 Å². The molecule has 0 atom stereocenters. The number of rotatable bonds is 3. The smallest absolute Gasteiger partial charge is 0.436 e. The van der Waals surface area contributed by atoms with E-state index in [1.54, 1.807) is 0 Å². The maximum Gasteiger partial charge on any atom is 0.436 e. The molecule has 1 aromatic heterocycles. The number of ketones is 1. The molecule has 0 spiro atoms. The topological polar surface area (TPSA) is 78.9 Å². The Morgan fingerprint density at radius 2 is 1.38 bits per heavy atom. The molecule has 1 N–H and O–H groups in total. The van der Waals surface area contributed by atoms with Gasteiger partial charge in [0.1, 0.15) is 22.9 Å². The predicted octanol–water partition coefficient (Wildman–Crippen LogP) is 4.67. The summed E-state index contributed by atoms with van der Waals surface area (Å²) >= 11 is 0. The number of benzene rings is 2. The zero-order chi connectivity index (χ0) is 25.0. The zero-order valence-electron chi connectivity index (χ0n) is 15.5. The maximum absolute atomic E-state index is 14.3. The van der Waals surface area contributed by atoms with Crippen LogP contribution >= 0.6 is 0 Å².